The molecule has 0 bridgehead atoms. The lowest BCUT2D eigenvalue weighted by molar-refractivity contribution is 0.0953. The molecule has 0 saturated carbocycles. The molecule has 0 atom stereocenters. The van der Waals surface area contributed by atoms with Gasteiger partial charge in [-0.2, -0.15) is 5.10 Å². The molecule has 18 heavy (non-hydrogen) atoms. The average molecular weight is 244 g/mol. The first kappa shape index (κ1) is 12.3. The molecule has 1 aromatic carbocycles. The van der Waals surface area contributed by atoms with Crippen molar-refractivity contribution in [3.05, 3.63) is 48.3 Å². The molecular weight excluding hydrogens is 228 g/mol. The fourth-order valence-electron chi connectivity index (χ4n) is 1.57. The van der Waals surface area contributed by atoms with E-state index in [1.54, 1.807) is 17.1 Å². The summed E-state index contributed by atoms with van der Waals surface area (Å²) in [7, 11) is 0. The standard InChI is InChI=1S/C13H16N4O/c14-7-4-8-15-13(18)11-9-16-17(10-11)12-5-2-1-3-6-12/h1-3,5-6,9-10H,4,7-8,14H2,(H,15,18). The number of nitrogens with two attached hydrogens (primary N) is 1. The minimum Gasteiger partial charge on any atom is -0.352 e. The zero-order valence-corrected chi connectivity index (χ0v) is 10.0. The molecule has 94 valence electrons. The topological polar surface area (TPSA) is 72.9 Å². The van der Waals surface area contributed by atoms with Gasteiger partial charge in [-0.05, 0) is 25.1 Å². The minimum atomic E-state index is -0.120. The lowest BCUT2D eigenvalue weighted by atomic mass is 10.3. The number of hydrogen-bond acceptors (Lipinski definition) is 3. The van der Waals surface area contributed by atoms with Crippen LogP contribution in [0.25, 0.3) is 5.69 Å². The molecule has 2 aromatic rings. The van der Waals surface area contributed by atoms with Gasteiger partial charge < -0.3 is 11.1 Å². The van der Waals surface area contributed by atoms with Crippen LogP contribution in [0.1, 0.15) is 16.8 Å². The predicted octanol–water partition coefficient (Wildman–Crippen LogP) is 0.951. The Kier molecular flexibility index (Phi) is 4.09. The van der Waals surface area contributed by atoms with Crippen molar-refractivity contribution in [1.82, 2.24) is 15.1 Å². The van der Waals surface area contributed by atoms with E-state index >= 15 is 0 Å². The van der Waals surface area contributed by atoms with Gasteiger partial charge in [0.05, 0.1) is 17.4 Å². The molecule has 0 unspecified atom stereocenters. The molecule has 1 amide bonds. The van der Waals surface area contributed by atoms with Gasteiger partial charge in [0.1, 0.15) is 0 Å². The van der Waals surface area contributed by atoms with Crippen molar-refractivity contribution >= 4 is 5.91 Å². The first-order chi connectivity index (χ1) is 8.81. The van der Waals surface area contributed by atoms with E-state index in [9.17, 15) is 4.79 Å². The molecule has 1 heterocycles. The summed E-state index contributed by atoms with van der Waals surface area (Å²) in [5.74, 6) is -0.120. The monoisotopic (exact) mass is 244 g/mol. The summed E-state index contributed by atoms with van der Waals surface area (Å²) < 4.78 is 1.68. The number of carbonyl (C=O) groups is 1. The van der Waals surface area contributed by atoms with Crippen LogP contribution in [-0.2, 0) is 0 Å². The number of benzene rings is 1. The Labute approximate surface area is 106 Å². The number of amides is 1. The van der Waals surface area contributed by atoms with Gasteiger partial charge in [0.15, 0.2) is 0 Å². The summed E-state index contributed by atoms with van der Waals surface area (Å²) in [5.41, 5.74) is 6.85. The summed E-state index contributed by atoms with van der Waals surface area (Å²) in [6.45, 7) is 1.16. The van der Waals surface area contributed by atoms with Gasteiger partial charge in [-0.3, -0.25) is 4.79 Å². The third-order valence-electron chi connectivity index (χ3n) is 2.53. The van der Waals surface area contributed by atoms with E-state index in [-0.39, 0.29) is 5.91 Å². The maximum atomic E-state index is 11.8. The lowest BCUT2D eigenvalue weighted by Gasteiger charge is -2.01. The van der Waals surface area contributed by atoms with Gasteiger partial charge in [-0.25, -0.2) is 4.68 Å². The van der Waals surface area contributed by atoms with Gasteiger partial charge >= 0.3 is 0 Å². The van der Waals surface area contributed by atoms with Gasteiger partial charge in [-0.1, -0.05) is 18.2 Å². The Bertz CT molecular complexity index is 507. The van der Waals surface area contributed by atoms with Gasteiger partial charge in [-0.15, -0.1) is 0 Å². The van der Waals surface area contributed by atoms with Gasteiger partial charge in [0, 0.05) is 12.7 Å². The second kappa shape index (κ2) is 5.97. The summed E-state index contributed by atoms with van der Waals surface area (Å²) in [4.78, 5) is 11.8. The van der Waals surface area contributed by atoms with Crippen LogP contribution in [-0.4, -0.2) is 28.8 Å². The molecule has 0 fully saturated rings. The molecule has 5 heteroatoms. The van der Waals surface area contributed by atoms with Crippen molar-refractivity contribution in [2.45, 2.75) is 6.42 Å². The van der Waals surface area contributed by atoms with E-state index in [1.807, 2.05) is 30.3 Å². The van der Waals surface area contributed by atoms with E-state index in [1.165, 1.54) is 0 Å². The van der Waals surface area contributed by atoms with Crippen LogP contribution in [0.4, 0.5) is 0 Å². The molecule has 0 spiro atoms. The summed E-state index contributed by atoms with van der Waals surface area (Å²) in [5, 5.41) is 6.96. The number of para-hydroxylation sites is 1. The average Bonchev–Trinajstić information content (AvgIpc) is 2.89. The van der Waals surface area contributed by atoms with Crippen molar-refractivity contribution < 1.29 is 4.79 Å². The molecule has 1 aromatic heterocycles. The van der Waals surface area contributed by atoms with Crippen LogP contribution < -0.4 is 11.1 Å². The molecule has 0 radical (unpaired) electrons. The third-order valence-corrected chi connectivity index (χ3v) is 2.53. The molecule has 0 aliphatic heterocycles. The number of aromatic nitrogens is 2. The number of nitrogens with one attached hydrogen (secondary N) is 1. The molecule has 2 rings (SSSR count). The number of hydrogen-bond donors (Lipinski definition) is 2. The van der Waals surface area contributed by atoms with Crippen molar-refractivity contribution in [2.75, 3.05) is 13.1 Å². The molecule has 0 saturated heterocycles. The van der Waals surface area contributed by atoms with E-state index in [0.29, 0.717) is 18.7 Å². The van der Waals surface area contributed by atoms with E-state index in [0.717, 1.165) is 12.1 Å². The highest BCUT2D eigenvalue weighted by molar-refractivity contribution is 5.93. The molecule has 0 aliphatic rings. The Hall–Kier alpha value is -2.14. The van der Waals surface area contributed by atoms with Gasteiger partial charge in [0.25, 0.3) is 5.91 Å². The molecule has 3 N–H and O–H groups in total. The molecular formula is C13H16N4O. The Balaban J connectivity index is 2.04. The number of carbonyl (C=O) groups excluding carboxylic acids is 1. The first-order valence-electron chi connectivity index (χ1n) is 5.89. The zero-order valence-electron chi connectivity index (χ0n) is 10.0. The fraction of sp³-hybridized carbons (Fsp3) is 0.231. The SMILES string of the molecule is NCCCNC(=O)c1cnn(-c2ccccc2)c1. The van der Waals surface area contributed by atoms with Crippen molar-refractivity contribution in [1.29, 1.82) is 0 Å². The van der Waals surface area contributed by atoms with Crippen molar-refractivity contribution in [3.8, 4) is 5.69 Å². The Morgan fingerprint density at radius 2 is 2.11 bits per heavy atom. The summed E-state index contributed by atoms with van der Waals surface area (Å²) >= 11 is 0. The van der Waals surface area contributed by atoms with Crippen molar-refractivity contribution in [3.63, 3.8) is 0 Å². The quantitative estimate of drug-likeness (QED) is 0.769. The normalized spacial score (nSPS) is 10.3. The Morgan fingerprint density at radius 3 is 2.83 bits per heavy atom. The first-order valence-corrected chi connectivity index (χ1v) is 5.89. The van der Waals surface area contributed by atoms with E-state index in [2.05, 4.69) is 10.4 Å². The zero-order chi connectivity index (χ0) is 12.8. The van der Waals surface area contributed by atoms with Gasteiger partial charge in [0.2, 0.25) is 0 Å². The fourth-order valence-corrected chi connectivity index (χ4v) is 1.57. The highest BCUT2D eigenvalue weighted by atomic mass is 16.1. The largest absolute Gasteiger partial charge is 0.352 e. The maximum Gasteiger partial charge on any atom is 0.254 e. The summed E-state index contributed by atoms with van der Waals surface area (Å²) in [6.07, 6.45) is 4.05. The highest BCUT2D eigenvalue weighted by Gasteiger charge is 2.08. The lowest BCUT2D eigenvalue weighted by Crippen LogP contribution is -2.25. The smallest absolute Gasteiger partial charge is 0.254 e. The molecule has 5 nitrogen and oxygen atoms in total. The number of nitrogens with zero attached hydrogens (tertiary/aromatic N) is 2. The predicted molar refractivity (Wildman–Crippen MR) is 69.6 cm³/mol. The number of rotatable bonds is 5. The molecule has 0 aliphatic carbocycles. The van der Waals surface area contributed by atoms with E-state index in [4.69, 9.17) is 5.73 Å². The second-order valence-electron chi connectivity index (χ2n) is 3.91. The van der Waals surface area contributed by atoms with Crippen LogP contribution in [0.3, 0.4) is 0 Å². The summed E-state index contributed by atoms with van der Waals surface area (Å²) in [6, 6.07) is 9.66. The van der Waals surface area contributed by atoms with Crippen LogP contribution in [0.15, 0.2) is 42.7 Å². The highest BCUT2D eigenvalue weighted by Crippen LogP contribution is 2.07. The second-order valence-corrected chi connectivity index (χ2v) is 3.91. The minimum absolute atomic E-state index is 0.120. The maximum absolute atomic E-state index is 11.8. The Morgan fingerprint density at radius 1 is 1.33 bits per heavy atom. The van der Waals surface area contributed by atoms with Crippen LogP contribution >= 0.6 is 0 Å². The van der Waals surface area contributed by atoms with Crippen molar-refractivity contribution in [2.24, 2.45) is 5.73 Å². The third kappa shape index (κ3) is 2.95. The van der Waals surface area contributed by atoms with Crippen LogP contribution in [0.5, 0.6) is 0 Å². The van der Waals surface area contributed by atoms with Crippen LogP contribution in [0.2, 0.25) is 0 Å². The van der Waals surface area contributed by atoms with E-state index < -0.39 is 0 Å². The van der Waals surface area contributed by atoms with Crippen LogP contribution in [0, 0.1) is 0 Å².